The number of aliphatic hydroxyl groups excluding tert-OH is 1. The van der Waals surface area contributed by atoms with E-state index in [1.54, 1.807) is 6.07 Å². The van der Waals surface area contributed by atoms with E-state index in [9.17, 15) is 0 Å². The SMILES string of the molecule is CCc1cc(Cl)nc(CO)n1. The Kier molecular flexibility index (Phi) is 2.79. The lowest BCUT2D eigenvalue weighted by Crippen LogP contribution is -1.98. The summed E-state index contributed by atoms with van der Waals surface area (Å²) in [5, 5.41) is 9.09. The van der Waals surface area contributed by atoms with Crippen molar-refractivity contribution in [1.82, 2.24) is 9.97 Å². The maximum atomic E-state index is 8.70. The van der Waals surface area contributed by atoms with E-state index in [-0.39, 0.29) is 6.61 Å². The third kappa shape index (κ3) is 2.13. The maximum absolute atomic E-state index is 8.70. The lowest BCUT2D eigenvalue weighted by atomic mass is 10.3. The molecule has 1 aromatic heterocycles. The van der Waals surface area contributed by atoms with Gasteiger partial charge in [-0.1, -0.05) is 18.5 Å². The Labute approximate surface area is 70.1 Å². The summed E-state index contributed by atoms with van der Waals surface area (Å²) in [5.41, 5.74) is 0.856. The summed E-state index contributed by atoms with van der Waals surface area (Å²) in [6.07, 6.45) is 0.801. The molecule has 11 heavy (non-hydrogen) atoms. The summed E-state index contributed by atoms with van der Waals surface area (Å²) >= 11 is 5.65. The van der Waals surface area contributed by atoms with Gasteiger partial charge in [-0.15, -0.1) is 0 Å². The highest BCUT2D eigenvalue weighted by Gasteiger charge is 1.99. The molecule has 0 saturated heterocycles. The van der Waals surface area contributed by atoms with Crippen molar-refractivity contribution in [2.45, 2.75) is 20.0 Å². The normalized spacial score (nSPS) is 10.1. The van der Waals surface area contributed by atoms with Gasteiger partial charge in [0.05, 0.1) is 0 Å². The zero-order chi connectivity index (χ0) is 8.27. The Bertz CT molecular complexity index is 230. The summed E-state index contributed by atoms with van der Waals surface area (Å²) in [6.45, 7) is 1.81. The third-order valence-corrected chi connectivity index (χ3v) is 1.49. The number of hydrogen-bond acceptors (Lipinski definition) is 3. The first kappa shape index (κ1) is 8.43. The van der Waals surface area contributed by atoms with Crippen molar-refractivity contribution in [3.63, 3.8) is 0 Å². The molecule has 0 aliphatic carbocycles. The van der Waals surface area contributed by atoms with Gasteiger partial charge in [0.15, 0.2) is 5.82 Å². The molecule has 0 aromatic carbocycles. The molecule has 1 N–H and O–H groups in total. The second-order valence-corrected chi connectivity index (χ2v) is 2.50. The Hall–Kier alpha value is -0.670. The fourth-order valence-corrected chi connectivity index (χ4v) is 0.991. The summed E-state index contributed by atoms with van der Waals surface area (Å²) in [7, 11) is 0. The topological polar surface area (TPSA) is 46.0 Å². The van der Waals surface area contributed by atoms with E-state index >= 15 is 0 Å². The van der Waals surface area contributed by atoms with Crippen molar-refractivity contribution < 1.29 is 5.11 Å². The lowest BCUT2D eigenvalue weighted by molar-refractivity contribution is 0.271. The van der Waals surface area contributed by atoms with Crippen molar-refractivity contribution in [3.8, 4) is 0 Å². The minimum Gasteiger partial charge on any atom is -0.388 e. The van der Waals surface area contributed by atoms with Crippen LogP contribution in [0.25, 0.3) is 0 Å². The Balaban J connectivity index is 3.02. The fourth-order valence-electron chi connectivity index (χ4n) is 0.768. The highest BCUT2D eigenvalue weighted by atomic mass is 35.5. The minimum absolute atomic E-state index is 0.159. The Morgan fingerprint density at radius 2 is 2.27 bits per heavy atom. The molecule has 1 rings (SSSR count). The van der Waals surface area contributed by atoms with Crippen molar-refractivity contribution in [2.75, 3.05) is 0 Å². The van der Waals surface area contributed by atoms with Gasteiger partial charge in [-0.2, -0.15) is 0 Å². The van der Waals surface area contributed by atoms with Crippen molar-refractivity contribution in [2.24, 2.45) is 0 Å². The molecule has 0 bridgehead atoms. The molecular formula is C7H9ClN2O. The molecule has 0 amide bonds. The van der Waals surface area contributed by atoms with E-state index < -0.39 is 0 Å². The van der Waals surface area contributed by atoms with Gasteiger partial charge in [0.25, 0.3) is 0 Å². The van der Waals surface area contributed by atoms with Crippen molar-refractivity contribution in [3.05, 3.63) is 22.7 Å². The molecule has 0 spiro atoms. The number of nitrogens with zero attached hydrogens (tertiary/aromatic N) is 2. The first-order chi connectivity index (χ1) is 5.26. The molecule has 0 aliphatic heterocycles. The first-order valence-electron chi connectivity index (χ1n) is 3.39. The molecule has 60 valence electrons. The minimum atomic E-state index is -0.159. The van der Waals surface area contributed by atoms with Crippen LogP contribution in [0.3, 0.4) is 0 Å². The van der Waals surface area contributed by atoms with E-state index in [1.165, 1.54) is 0 Å². The molecule has 0 radical (unpaired) electrons. The summed E-state index contributed by atoms with van der Waals surface area (Å²) in [4.78, 5) is 7.83. The van der Waals surface area contributed by atoms with Crippen LogP contribution in [0.1, 0.15) is 18.4 Å². The van der Waals surface area contributed by atoms with Gasteiger partial charge in [0, 0.05) is 5.69 Å². The van der Waals surface area contributed by atoms with Crippen LogP contribution < -0.4 is 0 Å². The predicted molar refractivity (Wildman–Crippen MR) is 42.3 cm³/mol. The zero-order valence-electron chi connectivity index (χ0n) is 6.21. The molecule has 0 saturated carbocycles. The van der Waals surface area contributed by atoms with Crippen LogP contribution in [0.2, 0.25) is 5.15 Å². The van der Waals surface area contributed by atoms with Crippen LogP contribution in [-0.2, 0) is 13.0 Å². The Morgan fingerprint density at radius 3 is 2.82 bits per heavy atom. The molecule has 0 fully saturated rings. The van der Waals surface area contributed by atoms with Gasteiger partial charge < -0.3 is 5.11 Å². The Morgan fingerprint density at radius 1 is 1.55 bits per heavy atom. The number of hydrogen-bond donors (Lipinski definition) is 1. The molecule has 0 unspecified atom stereocenters. The number of halogens is 1. The van der Waals surface area contributed by atoms with Crippen molar-refractivity contribution in [1.29, 1.82) is 0 Å². The van der Waals surface area contributed by atoms with E-state index in [1.807, 2.05) is 6.92 Å². The smallest absolute Gasteiger partial charge is 0.155 e. The molecule has 4 heteroatoms. The van der Waals surface area contributed by atoms with Gasteiger partial charge in [0.2, 0.25) is 0 Å². The fraction of sp³-hybridized carbons (Fsp3) is 0.429. The zero-order valence-corrected chi connectivity index (χ0v) is 6.97. The lowest BCUT2D eigenvalue weighted by Gasteiger charge is -1.99. The van der Waals surface area contributed by atoms with Gasteiger partial charge in [-0.25, -0.2) is 9.97 Å². The summed E-state index contributed by atoms with van der Waals surface area (Å²) in [6, 6.07) is 1.70. The summed E-state index contributed by atoms with van der Waals surface area (Å²) < 4.78 is 0. The van der Waals surface area contributed by atoms with Gasteiger partial charge in [0.1, 0.15) is 11.8 Å². The average molecular weight is 173 g/mol. The van der Waals surface area contributed by atoms with Crippen molar-refractivity contribution >= 4 is 11.6 Å². The quantitative estimate of drug-likeness (QED) is 0.682. The number of rotatable bonds is 2. The van der Waals surface area contributed by atoms with E-state index in [0.717, 1.165) is 12.1 Å². The van der Waals surface area contributed by atoms with Crippen LogP contribution in [0, 0.1) is 0 Å². The highest BCUT2D eigenvalue weighted by Crippen LogP contribution is 2.07. The number of aliphatic hydroxyl groups is 1. The second kappa shape index (κ2) is 3.64. The van der Waals surface area contributed by atoms with Crippen LogP contribution >= 0.6 is 11.6 Å². The van der Waals surface area contributed by atoms with Crippen LogP contribution in [-0.4, -0.2) is 15.1 Å². The number of aryl methyl sites for hydroxylation is 1. The molecule has 0 atom stereocenters. The van der Waals surface area contributed by atoms with Crippen LogP contribution in [0.5, 0.6) is 0 Å². The largest absolute Gasteiger partial charge is 0.388 e. The van der Waals surface area contributed by atoms with Gasteiger partial charge in [-0.05, 0) is 12.5 Å². The van der Waals surface area contributed by atoms with E-state index in [0.29, 0.717) is 11.0 Å². The van der Waals surface area contributed by atoms with Crippen LogP contribution in [0.4, 0.5) is 0 Å². The second-order valence-electron chi connectivity index (χ2n) is 2.11. The van der Waals surface area contributed by atoms with Gasteiger partial charge in [-0.3, -0.25) is 0 Å². The van der Waals surface area contributed by atoms with E-state index in [4.69, 9.17) is 16.7 Å². The standard InChI is InChI=1S/C7H9ClN2O/c1-2-5-3-6(8)10-7(4-11)9-5/h3,11H,2,4H2,1H3. The van der Waals surface area contributed by atoms with E-state index in [2.05, 4.69) is 9.97 Å². The summed E-state index contributed by atoms with van der Waals surface area (Å²) in [5.74, 6) is 0.384. The van der Waals surface area contributed by atoms with Gasteiger partial charge >= 0.3 is 0 Å². The third-order valence-electron chi connectivity index (χ3n) is 1.30. The molecule has 3 nitrogen and oxygen atoms in total. The molecular weight excluding hydrogens is 164 g/mol. The highest BCUT2D eigenvalue weighted by molar-refractivity contribution is 6.29. The maximum Gasteiger partial charge on any atom is 0.155 e. The first-order valence-corrected chi connectivity index (χ1v) is 3.77. The average Bonchev–Trinajstić information content (AvgIpc) is 2.03. The number of aromatic nitrogens is 2. The molecule has 1 heterocycles. The molecule has 1 aromatic rings. The molecule has 0 aliphatic rings. The monoisotopic (exact) mass is 172 g/mol. The van der Waals surface area contributed by atoms with Crippen LogP contribution in [0.15, 0.2) is 6.07 Å². The predicted octanol–water partition coefficient (Wildman–Crippen LogP) is 1.18.